The Morgan fingerprint density at radius 2 is 1.80 bits per heavy atom. The summed E-state index contributed by atoms with van der Waals surface area (Å²) in [6.07, 6.45) is -3.91. The van der Waals surface area contributed by atoms with Crippen molar-refractivity contribution in [2.45, 2.75) is 56.3 Å². The van der Waals surface area contributed by atoms with Crippen molar-refractivity contribution in [1.29, 1.82) is 0 Å². The van der Waals surface area contributed by atoms with Crippen LogP contribution in [0.15, 0.2) is 0 Å². The first-order chi connectivity index (χ1) is 9.51. The number of hydrogen-bond acceptors (Lipinski definition) is 7. The first kappa shape index (κ1) is 17.3. The van der Waals surface area contributed by atoms with E-state index in [9.17, 15) is 20.1 Å². The summed E-state index contributed by atoms with van der Waals surface area (Å²) in [5.41, 5.74) is 5.34. The van der Waals surface area contributed by atoms with Crippen LogP contribution in [0.4, 0.5) is 0 Å². The minimum Gasteiger partial charge on any atom is -0.394 e. The number of aliphatic hydroxyl groups is 4. The number of ether oxygens (including phenoxy) is 1. The number of amides is 1. The van der Waals surface area contributed by atoms with Gasteiger partial charge in [0.05, 0.1) is 6.61 Å². The molecule has 1 aliphatic heterocycles. The standard InChI is InChI=1S/C12H24N2O6/c13-5-3-1-2-4-8(16)14-12-11(19)10(18)9(17)7(6-15)20-12/h7,9-12,15,17-19H,1-6,13H2,(H,14,16)/t7-,9-,10+,11-,12-/m1/s1. The number of nitrogens with one attached hydrogen (secondary N) is 1. The van der Waals surface area contributed by atoms with Crippen molar-refractivity contribution < 1.29 is 30.0 Å². The van der Waals surface area contributed by atoms with Crippen molar-refractivity contribution >= 4 is 5.91 Å². The van der Waals surface area contributed by atoms with Crippen LogP contribution in [0, 0.1) is 0 Å². The Bertz CT molecular complexity index is 302. The number of rotatable bonds is 7. The molecule has 0 radical (unpaired) electrons. The zero-order valence-electron chi connectivity index (χ0n) is 11.3. The van der Waals surface area contributed by atoms with Gasteiger partial charge in [0.15, 0.2) is 6.23 Å². The molecule has 1 amide bonds. The molecule has 1 heterocycles. The van der Waals surface area contributed by atoms with Crippen LogP contribution in [0.3, 0.4) is 0 Å². The normalized spacial score (nSPS) is 34.0. The Balaban J connectivity index is 2.43. The van der Waals surface area contributed by atoms with Gasteiger partial charge in [-0.3, -0.25) is 4.79 Å². The van der Waals surface area contributed by atoms with E-state index in [1.165, 1.54) is 0 Å². The van der Waals surface area contributed by atoms with Crippen molar-refractivity contribution in [3.05, 3.63) is 0 Å². The molecule has 0 aromatic heterocycles. The van der Waals surface area contributed by atoms with Gasteiger partial charge in [0, 0.05) is 6.42 Å². The van der Waals surface area contributed by atoms with Crippen molar-refractivity contribution in [2.24, 2.45) is 5.73 Å². The molecular weight excluding hydrogens is 268 g/mol. The lowest BCUT2D eigenvalue weighted by atomic mass is 9.98. The molecule has 1 fully saturated rings. The van der Waals surface area contributed by atoms with Gasteiger partial charge in [-0.1, -0.05) is 6.42 Å². The van der Waals surface area contributed by atoms with E-state index in [1.807, 2.05) is 0 Å². The van der Waals surface area contributed by atoms with Crippen LogP contribution < -0.4 is 11.1 Å². The van der Waals surface area contributed by atoms with Crippen LogP contribution in [0.25, 0.3) is 0 Å². The maximum absolute atomic E-state index is 11.7. The topological polar surface area (TPSA) is 145 Å². The van der Waals surface area contributed by atoms with Crippen LogP contribution in [0.1, 0.15) is 25.7 Å². The highest BCUT2D eigenvalue weighted by Crippen LogP contribution is 2.19. The Kier molecular flexibility index (Phi) is 7.35. The monoisotopic (exact) mass is 292 g/mol. The van der Waals surface area contributed by atoms with Crippen molar-refractivity contribution in [3.63, 3.8) is 0 Å². The summed E-state index contributed by atoms with van der Waals surface area (Å²) >= 11 is 0. The van der Waals surface area contributed by atoms with Crippen LogP contribution in [-0.4, -0.2) is 70.1 Å². The second-order valence-corrected chi connectivity index (χ2v) is 4.92. The highest BCUT2D eigenvalue weighted by atomic mass is 16.6. The predicted molar refractivity (Wildman–Crippen MR) is 69.4 cm³/mol. The molecule has 8 heteroatoms. The van der Waals surface area contributed by atoms with Gasteiger partial charge in [0.1, 0.15) is 24.4 Å². The molecule has 1 rings (SSSR count). The second kappa shape index (κ2) is 8.50. The van der Waals surface area contributed by atoms with Crippen molar-refractivity contribution in [2.75, 3.05) is 13.2 Å². The molecule has 0 aliphatic carbocycles. The quantitative estimate of drug-likeness (QED) is 0.283. The number of aliphatic hydroxyl groups excluding tert-OH is 4. The highest BCUT2D eigenvalue weighted by Gasteiger charge is 2.43. The minimum absolute atomic E-state index is 0.259. The maximum Gasteiger partial charge on any atom is 0.222 e. The lowest BCUT2D eigenvalue weighted by Crippen LogP contribution is -2.63. The van der Waals surface area contributed by atoms with Gasteiger partial charge in [-0.25, -0.2) is 0 Å². The molecule has 118 valence electrons. The Morgan fingerprint density at radius 1 is 1.10 bits per heavy atom. The summed E-state index contributed by atoms with van der Waals surface area (Å²) < 4.78 is 5.17. The minimum atomic E-state index is -1.48. The number of nitrogens with two attached hydrogens (primary N) is 1. The predicted octanol–water partition coefficient (Wildman–Crippen LogP) is -2.58. The number of unbranched alkanes of at least 4 members (excludes halogenated alkanes) is 2. The summed E-state index contributed by atoms with van der Waals surface area (Å²) in [5, 5.41) is 40.3. The van der Waals surface area contributed by atoms with E-state index in [-0.39, 0.29) is 12.3 Å². The Hall–Kier alpha value is -0.770. The van der Waals surface area contributed by atoms with E-state index in [1.54, 1.807) is 0 Å². The van der Waals surface area contributed by atoms with Crippen molar-refractivity contribution in [3.8, 4) is 0 Å². The summed E-state index contributed by atoms with van der Waals surface area (Å²) in [6.45, 7) is 0.0577. The van der Waals surface area contributed by atoms with Gasteiger partial charge in [0.25, 0.3) is 0 Å². The number of carbonyl (C=O) groups excluding carboxylic acids is 1. The molecule has 1 aliphatic rings. The molecule has 5 atom stereocenters. The molecule has 0 bridgehead atoms. The average Bonchev–Trinajstić information content (AvgIpc) is 2.44. The van der Waals surface area contributed by atoms with E-state index in [0.29, 0.717) is 13.0 Å². The molecule has 0 aromatic carbocycles. The Morgan fingerprint density at radius 3 is 2.40 bits per heavy atom. The number of carbonyl (C=O) groups is 1. The molecule has 0 spiro atoms. The van der Waals surface area contributed by atoms with Gasteiger partial charge < -0.3 is 36.2 Å². The van der Waals surface area contributed by atoms with Gasteiger partial charge in [-0.05, 0) is 19.4 Å². The molecule has 0 aromatic rings. The Labute approximate surface area is 117 Å². The van der Waals surface area contributed by atoms with Gasteiger partial charge >= 0.3 is 0 Å². The molecule has 8 nitrogen and oxygen atoms in total. The van der Waals surface area contributed by atoms with Crippen molar-refractivity contribution in [1.82, 2.24) is 5.32 Å². The van der Waals surface area contributed by atoms with Crippen LogP contribution in [-0.2, 0) is 9.53 Å². The second-order valence-electron chi connectivity index (χ2n) is 4.92. The lowest BCUT2D eigenvalue weighted by Gasteiger charge is -2.40. The fraction of sp³-hybridized carbons (Fsp3) is 0.917. The summed E-state index contributed by atoms with van der Waals surface area (Å²) in [7, 11) is 0. The van der Waals surface area contributed by atoms with E-state index in [2.05, 4.69) is 5.32 Å². The lowest BCUT2D eigenvalue weighted by molar-refractivity contribution is -0.236. The third-order valence-electron chi connectivity index (χ3n) is 3.30. The largest absolute Gasteiger partial charge is 0.394 e. The average molecular weight is 292 g/mol. The first-order valence-electron chi connectivity index (χ1n) is 6.81. The zero-order valence-corrected chi connectivity index (χ0v) is 11.3. The van der Waals surface area contributed by atoms with Crippen LogP contribution in [0.2, 0.25) is 0 Å². The van der Waals surface area contributed by atoms with E-state index in [0.717, 1.165) is 12.8 Å². The molecular formula is C12H24N2O6. The van der Waals surface area contributed by atoms with Gasteiger partial charge in [0.2, 0.25) is 5.91 Å². The highest BCUT2D eigenvalue weighted by molar-refractivity contribution is 5.76. The van der Waals surface area contributed by atoms with Gasteiger partial charge in [-0.2, -0.15) is 0 Å². The zero-order chi connectivity index (χ0) is 15.1. The summed E-state index contributed by atoms with van der Waals surface area (Å²) in [6, 6.07) is 0. The van der Waals surface area contributed by atoms with Crippen LogP contribution >= 0.6 is 0 Å². The fourth-order valence-electron chi connectivity index (χ4n) is 2.06. The number of hydrogen-bond donors (Lipinski definition) is 6. The molecule has 20 heavy (non-hydrogen) atoms. The molecule has 0 unspecified atom stereocenters. The third kappa shape index (κ3) is 4.65. The fourth-order valence-corrected chi connectivity index (χ4v) is 2.06. The van der Waals surface area contributed by atoms with E-state index < -0.39 is 37.3 Å². The van der Waals surface area contributed by atoms with Crippen LogP contribution in [0.5, 0.6) is 0 Å². The molecule has 7 N–H and O–H groups in total. The molecule has 1 saturated heterocycles. The smallest absolute Gasteiger partial charge is 0.222 e. The van der Waals surface area contributed by atoms with Gasteiger partial charge in [-0.15, -0.1) is 0 Å². The third-order valence-corrected chi connectivity index (χ3v) is 3.30. The molecule has 0 saturated carbocycles. The van der Waals surface area contributed by atoms with E-state index in [4.69, 9.17) is 15.6 Å². The first-order valence-corrected chi connectivity index (χ1v) is 6.81. The summed E-state index contributed by atoms with van der Waals surface area (Å²) in [5.74, 6) is -0.327. The van der Waals surface area contributed by atoms with E-state index >= 15 is 0 Å². The SMILES string of the molecule is NCCCCCC(=O)N[C@@H]1O[C@H](CO)[C@@H](O)[C@H](O)[C@H]1O. The summed E-state index contributed by atoms with van der Waals surface area (Å²) in [4.78, 5) is 11.7. The maximum atomic E-state index is 11.7.